The van der Waals surface area contributed by atoms with Gasteiger partial charge in [-0.2, -0.15) is 0 Å². The third-order valence-electron chi connectivity index (χ3n) is 3.73. The van der Waals surface area contributed by atoms with E-state index in [-0.39, 0.29) is 0 Å². The number of ether oxygens (including phenoxy) is 1. The minimum Gasteiger partial charge on any atom is -0.494 e. The van der Waals surface area contributed by atoms with Gasteiger partial charge in [0.25, 0.3) is 0 Å². The van der Waals surface area contributed by atoms with E-state index in [1.807, 2.05) is 65.5 Å². The number of benzene rings is 2. The molecular weight excluding hydrogens is 356 g/mol. The second-order valence-corrected chi connectivity index (χ2v) is 6.64. The van der Waals surface area contributed by atoms with Crippen LogP contribution in [-0.4, -0.2) is 21.5 Å². The Hall–Kier alpha value is -2.44. The zero-order chi connectivity index (χ0) is 17.2. The monoisotopic (exact) mass is 370 g/mol. The highest BCUT2D eigenvalue weighted by Gasteiger charge is 2.19. The molecule has 2 heterocycles. The smallest absolute Gasteiger partial charge is 0.214 e. The Morgan fingerprint density at radius 1 is 1.04 bits per heavy atom. The molecule has 0 saturated heterocycles. The second-order valence-electron chi connectivity index (χ2n) is 5.37. The van der Waals surface area contributed by atoms with Crippen LogP contribution in [0.25, 0.3) is 17.1 Å². The first-order chi connectivity index (χ1) is 12.2. The normalized spacial score (nSPS) is 13.0. The number of nitrogens with zero attached hydrogens (tertiary/aromatic N) is 3. The van der Waals surface area contributed by atoms with Gasteiger partial charge in [-0.1, -0.05) is 23.4 Å². The molecule has 1 aromatic heterocycles. The van der Waals surface area contributed by atoms with Gasteiger partial charge in [-0.15, -0.1) is 10.2 Å². The van der Waals surface area contributed by atoms with Gasteiger partial charge in [0.1, 0.15) is 5.75 Å². The van der Waals surface area contributed by atoms with E-state index >= 15 is 0 Å². The molecule has 7 heteroatoms. The lowest BCUT2D eigenvalue weighted by molar-refractivity contribution is 0.340. The fraction of sp³-hybridized carbons (Fsp3) is 0.111. The molecule has 1 N–H and O–H groups in total. The van der Waals surface area contributed by atoms with Crippen molar-refractivity contribution in [2.75, 3.05) is 12.0 Å². The molecule has 1 aliphatic rings. The number of hydrogen-bond acceptors (Lipinski definition) is 5. The van der Waals surface area contributed by atoms with E-state index in [4.69, 9.17) is 16.3 Å². The molecule has 2 aromatic carbocycles. The van der Waals surface area contributed by atoms with E-state index in [2.05, 4.69) is 15.6 Å². The molecule has 126 valence electrons. The molecule has 5 nitrogen and oxygen atoms in total. The lowest BCUT2D eigenvalue weighted by Gasteiger charge is -2.19. The lowest BCUT2D eigenvalue weighted by Crippen LogP contribution is -2.18. The zero-order valence-electron chi connectivity index (χ0n) is 13.4. The highest BCUT2D eigenvalue weighted by atomic mass is 35.5. The van der Waals surface area contributed by atoms with E-state index in [0.29, 0.717) is 11.6 Å². The van der Waals surface area contributed by atoms with Crippen molar-refractivity contribution in [3.63, 3.8) is 0 Å². The van der Waals surface area contributed by atoms with Crippen LogP contribution in [0.3, 0.4) is 0 Å². The summed E-state index contributed by atoms with van der Waals surface area (Å²) in [6, 6.07) is 15.5. The number of fused-ring (bicyclic) bond motifs is 1. The number of aromatic nitrogens is 3. The maximum absolute atomic E-state index is 5.97. The Bertz CT molecular complexity index is 919. The van der Waals surface area contributed by atoms with Crippen molar-refractivity contribution in [2.45, 2.75) is 12.1 Å². The van der Waals surface area contributed by atoms with Gasteiger partial charge >= 0.3 is 0 Å². The summed E-state index contributed by atoms with van der Waals surface area (Å²) in [5.74, 6) is 1.61. The van der Waals surface area contributed by atoms with E-state index in [1.165, 1.54) is 11.8 Å². The molecule has 4 rings (SSSR count). The molecule has 0 aliphatic carbocycles. The van der Waals surface area contributed by atoms with Gasteiger partial charge in [-0.05, 0) is 55.5 Å². The second kappa shape index (κ2) is 6.82. The Balaban J connectivity index is 1.62. The fourth-order valence-corrected chi connectivity index (χ4v) is 3.38. The average Bonchev–Trinajstić information content (AvgIpc) is 3.06. The number of rotatable bonds is 4. The molecular formula is C18H15ClN4OS. The SMILES string of the molecule is CCOc1ccc(C2=CSc3nnc(-c4ccc(Cl)cc4)n3N2)cc1. The predicted octanol–water partition coefficient (Wildman–Crippen LogP) is 4.65. The summed E-state index contributed by atoms with van der Waals surface area (Å²) >= 11 is 7.51. The van der Waals surface area contributed by atoms with Crippen molar-refractivity contribution in [3.8, 4) is 17.1 Å². The molecule has 0 spiro atoms. The van der Waals surface area contributed by atoms with Crippen molar-refractivity contribution in [2.24, 2.45) is 0 Å². The molecule has 0 unspecified atom stereocenters. The standard InChI is InChI=1S/C18H15ClN4OS/c1-2-24-15-9-5-12(6-10-15)16-11-25-18-21-20-17(23(18)22-16)13-3-7-14(19)8-4-13/h3-11,22H,2H2,1H3. The van der Waals surface area contributed by atoms with Gasteiger partial charge < -0.3 is 4.74 Å². The highest BCUT2D eigenvalue weighted by Crippen LogP contribution is 2.32. The fourth-order valence-electron chi connectivity index (χ4n) is 2.52. The molecule has 0 atom stereocenters. The highest BCUT2D eigenvalue weighted by molar-refractivity contribution is 8.02. The summed E-state index contributed by atoms with van der Waals surface area (Å²) in [6.45, 7) is 2.63. The minimum absolute atomic E-state index is 0.657. The third-order valence-corrected chi connectivity index (χ3v) is 4.81. The molecule has 0 saturated carbocycles. The first-order valence-corrected chi connectivity index (χ1v) is 9.09. The van der Waals surface area contributed by atoms with Crippen LogP contribution in [0.4, 0.5) is 0 Å². The van der Waals surface area contributed by atoms with Gasteiger partial charge in [0.2, 0.25) is 5.16 Å². The average molecular weight is 371 g/mol. The first-order valence-electron chi connectivity index (χ1n) is 7.83. The molecule has 0 radical (unpaired) electrons. The molecule has 3 aromatic rings. The van der Waals surface area contributed by atoms with Crippen molar-refractivity contribution in [3.05, 3.63) is 64.5 Å². The van der Waals surface area contributed by atoms with Gasteiger partial charge in [0, 0.05) is 21.6 Å². The van der Waals surface area contributed by atoms with Gasteiger partial charge in [0.05, 0.1) is 12.3 Å². The Morgan fingerprint density at radius 2 is 1.76 bits per heavy atom. The van der Waals surface area contributed by atoms with Crippen molar-refractivity contribution in [1.82, 2.24) is 14.9 Å². The van der Waals surface area contributed by atoms with Gasteiger partial charge in [-0.3, -0.25) is 5.43 Å². The van der Waals surface area contributed by atoms with Crippen LogP contribution in [0.5, 0.6) is 5.75 Å². The topological polar surface area (TPSA) is 52.0 Å². The van der Waals surface area contributed by atoms with Gasteiger partial charge in [-0.25, -0.2) is 4.68 Å². The van der Waals surface area contributed by atoms with Crippen LogP contribution in [-0.2, 0) is 0 Å². The maximum Gasteiger partial charge on any atom is 0.214 e. The van der Waals surface area contributed by atoms with Crippen molar-refractivity contribution < 1.29 is 4.74 Å². The van der Waals surface area contributed by atoms with Crippen molar-refractivity contribution >= 4 is 29.1 Å². The summed E-state index contributed by atoms with van der Waals surface area (Å²) in [6.07, 6.45) is 0. The van der Waals surface area contributed by atoms with Crippen molar-refractivity contribution in [1.29, 1.82) is 0 Å². The number of hydrogen-bond donors (Lipinski definition) is 1. The number of nitrogens with one attached hydrogen (secondary N) is 1. The summed E-state index contributed by atoms with van der Waals surface area (Å²) in [5, 5.41) is 12.1. The quantitative estimate of drug-likeness (QED) is 0.724. The third kappa shape index (κ3) is 3.23. The van der Waals surface area contributed by atoms with E-state index < -0.39 is 0 Å². The Morgan fingerprint density at radius 3 is 2.48 bits per heavy atom. The first kappa shape index (κ1) is 16.1. The van der Waals surface area contributed by atoms with E-state index in [1.54, 1.807) is 0 Å². The summed E-state index contributed by atoms with van der Waals surface area (Å²) < 4.78 is 7.39. The summed E-state index contributed by atoms with van der Waals surface area (Å²) in [4.78, 5) is 0. The van der Waals surface area contributed by atoms with Crippen LogP contribution in [0.15, 0.2) is 59.1 Å². The Labute approximate surface area is 154 Å². The molecule has 25 heavy (non-hydrogen) atoms. The predicted molar refractivity (Wildman–Crippen MR) is 101 cm³/mol. The zero-order valence-corrected chi connectivity index (χ0v) is 15.0. The largest absolute Gasteiger partial charge is 0.494 e. The number of thioether (sulfide) groups is 1. The lowest BCUT2D eigenvalue weighted by atomic mass is 10.2. The Kier molecular flexibility index (Phi) is 4.38. The van der Waals surface area contributed by atoms with Gasteiger partial charge in [0.15, 0.2) is 5.82 Å². The summed E-state index contributed by atoms with van der Waals surface area (Å²) in [5.41, 5.74) is 6.38. The van der Waals surface area contributed by atoms with Crippen LogP contribution >= 0.6 is 23.4 Å². The van der Waals surface area contributed by atoms with Crippen LogP contribution in [0.2, 0.25) is 5.02 Å². The molecule has 0 amide bonds. The van der Waals surface area contributed by atoms with E-state index in [9.17, 15) is 0 Å². The summed E-state index contributed by atoms with van der Waals surface area (Å²) in [7, 11) is 0. The number of halogens is 1. The van der Waals surface area contributed by atoms with Crippen LogP contribution < -0.4 is 10.2 Å². The van der Waals surface area contributed by atoms with Crippen LogP contribution in [0, 0.1) is 0 Å². The van der Waals surface area contributed by atoms with Crippen LogP contribution in [0.1, 0.15) is 12.5 Å². The molecule has 0 fully saturated rings. The van der Waals surface area contributed by atoms with E-state index in [0.717, 1.165) is 33.6 Å². The molecule has 0 bridgehead atoms. The minimum atomic E-state index is 0.657. The maximum atomic E-state index is 5.97. The molecule has 1 aliphatic heterocycles.